The molecule has 0 atom stereocenters. The van der Waals surface area contributed by atoms with Crippen LogP contribution in [0.1, 0.15) is 24.8 Å². The van der Waals surface area contributed by atoms with Crippen molar-refractivity contribution < 1.29 is 8.42 Å². The quantitative estimate of drug-likeness (QED) is 0.861. The third-order valence-electron chi connectivity index (χ3n) is 4.57. The van der Waals surface area contributed by atoms with Crippen molar-refractivity contribution in [2.75, 3.05) is 13.1 Å². The van der Waals surface area contributed by atoms with Crippen LogP contribution in [0.2, 0.25) is 10.0 Å². The Hall–Kier alpha value is -0.840. The fourth-order valence-corrected chi connectivity index (χ4v) is 5.18. The summed E-state index contributed by atoms with van der Waals surface area (Å²) in [6, 6.07) is 7.36. The van der Waals surface area contributed by atoms with Gasteiger partial charge in [-0.3, -0.25) is 0 Å². The van der Waals surface area contributed by atoms with Gasteiger partial charge in [0.2, 0.25) is 0 Å². The zero-order chi connectivity index (χ0) is 16.7. The molecule has 124 valence electrons. The van der Waals surface area contributed by atoms with Crippen molar-refractivity contribution >= 4 is 33.4 Å². The molecule has 1 saturated heterocycles. The van der Waals surface area contributed by atoms with Crippen LogP contribution >= 0.6 is 23.2 Å². The van der Waals surface area contributed by atoms with Crippen molar-refractivity contribution in [3.63, 3.8) is 0 Å². The molecular weight excluding hydrogens is 357 g/mol. The van der Waals surface area contributed by atoms with Gasteiger partial charge in [0, 0.05) is 28.7 Å². The van der Waals surface area contributed by atoms with Crippen molar-refractivity contribution in [1.29, 1.82) is 5.26 Å². The van der Waals surface area contributed by atoms with Crippen molar-refractivity contribution in [1.82, 2.24) is 9.03 Å². The molecule has 8 heteroatoms. The minimum absolute atomic E-state index is 0.199. The lowest BCUT2D eigenvalue weighted by Crippen LogP contribution is -2.62. The Labute approximate surface area is 146 Å². The highest BCUT2D eigenvalue weighted by Crippen LogP contribution is 2.38. The Morgan fingerprint density at radius 2 is 2.04 bits per heavy atom. The van der Waals surface area contributed by atoms with Gasteiger partial charge in [0.05, 0.1) is 12.0 Å². The predicted molar refractivity (Wildman–Crippen MR) is 89.5 cm³/mol. The molecule has 2 aliphatic rings. The Morgan fingerprint density at radius 3 is 2.57 bits per heavy atom. The van der Waals surface area contributed by atoms with Gasteiger partial charge in [-0.15, -0.1) is 0 Å². The molecule has 1 N–H and O–H groups in total. The molecular formula is C15H17Cl2N3O2S. The second kappa shape index (κ2) is 6.23. The van der Waals surface area contributed by atoms with Crippen molar-refractivity contribution in [3.05, 3.63) is 33.8 Å². The number of hydrogen-bond acceptors (Lipinski definition) is 3. The van der Waals surface area contributed by atoms with Gasteiger partial charge in [-0.25, -0.2) is 0 Å². The van der Waals surface area contributed by atoms with E-state index in [1.807, 2.05) is 6.07 Å². The van der Waals surface area contributed by atoms with Crippen molar-refractivity contribution in [2.24, 2.45) is 5.92 Å². The number of nitrogens with zero attached hydrogens (tertiary/aromatic N) is 2. The van der Waals surface area contributed by atoms with E-state index >= 15 is 0 Å². The van der Waals surface area contributed by atoms with E-state index in [0.717, 1.165) is 24.8 Å². The highest BCUT2D eigenvalue weighted by molar-refractivity contribution is 7.87. The molecule has 1 aliphatic carbocycles. The minimum Gasteiger partial charge on any atom is -0.198 e. The third-order valence-corrected chi connectivity index (χ3v) is 6.83. The van der Waals surface area contributed by atoms with Crippen LogP contribution in [0.25, 0.3) is 0 Å². The summed E-state index contributed by atoms with van der Waals surface area (Å²) in [5, 5.41) is 9.90. The molecule has 3 rings (SSSR count). The second-order valence-corrected chi connectivity index (χ2v) is 8.81. The normalized spacial score (nSPS) is 21.3. The zero-order valence-corrected chi connectivity index (χ0v) is 14.8. The van der Waals surface area contributed by atoms with Gasteiger partial charge >= 0.3 is 0 Å². The molecule has 0 amide bonds. The summed E-state index contributed by atoms with van der Waals surface area (Å²) in [6.07, 6.45) is 3.08. The molecule has 0 bridgehead atoms. The van der Waals surface area contributed by atoms with E-state index < -0.39 is 15.7 Å². The molecule has 0 unspecified atom stereocenters. The van der Waals surface area contributed by atoms with Gasteiger partial charge in [-0.2, -0.15) is 22.7 Å². The average molecular weight is 374 g/mol. The van der Waals surface area contributed by atoms with E-state index in [9.17, 15) is 8.42 Å². The smallest absolute Gasteiger partial charge is 0.198 e. The van der Waals surface area contributed by atoms with E-state index in [2.05, 4.69) is 10.8 Å². The first-order valence-electron chi connectivity index (χ1n) is 7.46. The zero-order valence-electron chi connectivity index (χ0n) is 12.4. The fourth-order valence-electron chi connectivity index (χ4n) is 3.00. The monoisotopic (exact) mass is 373 g/mol. The van der Waals surface area contributed by atoms with Crippen LogP contribution in [0.3, 0.4) is 0 Å². The molecule has 5 nitrogen and oxygen atoms in total. The molecule has 23 heavy (non-hydrogen) atoms. The van der Waals surface area contributed by atoms with Gasteiger partial charge in [0.15, 0.2) is 0 Å². The Morgan fingerprint density at radius 1 is 1.35 bits per heavy atom. The molecule has 0 spiro atoms. The van der Waals surface area contributed by atoms with Gasteiger partial charge in [-0.1, -0.05) is 29.3 Å². The maximum atomic E-state index is 12.5. The average Bonchev–Trinajstić information content (AvgIpc) is 2.37. The van der Waals surface area contributed by atoms with E-state index in [4.69, 9.17) is 28.5 Å². The number of hydrogen-bond donors (Lipinski definition) is 1. The van der Waals surface area contributed by atoms with Crippen molar-refractivity contribution in [3.8, 4) is 6.07 Å². The van der Waals surface area contributed by atoms with Crippen molar-refractivity contribution in [2.45, 2.75) is 31.2 Å². The van der Waals surface area contributed by atoms with Crippen LogP contribution in [0, 0.1) is 17.2 Å². The predicted octanol–water partition coefficient (Wildman–Crippen LogP) is 2.75. The summed E-state index contributed by atoms with van der Waals surface area (Å²) in [7, 11) is -3.56. The molecule has 0 radical (unpaired) electrons. The van der Waals surface area contributed by atoms with Crippen LogP contribution in [-0.4, -0.2) is 31.4 Å². The first-order chi connectivity index (χ1) is 10.8. The summed E-state index contributed by atoms with van der Waals surface area (Å²) >= 11 is 12.1. The summed E-state index contributed by atoms with van der Waals surface area (Å²) in [6.45, 7) is 0.535. The summed E-state index contributed by atoms with van der Waals surface area (Å²) in [5.41, 5.74) is 0.394. The van der Waals surface area contributed by atoms with Gasteiger partial charge < -0.3 is 0 Å². The van der Waals surface area contributed by atoms with Crippen LogP contribution in [0.5, 0.6) is 0 Å². The second-order valence-electron chi connectivity index (χ2n) is 6.30. The van der Waals surface area contributed by atoms with Crippen LogP contribution < -0.4 is 4.72 Å². The first-order valence-corrected chi connectivity index (χ1v) is 9.66. The Bertz CT molecular complexity index is 750. The van der Waals surface area contributed by atoms with Gasteiger partial charge in [-0.05, 0) is 43.4 Å². The van der Waals surface area contributed by atoms with Gasteiger partial charge in [0.1, 0.15) is 0 Å². The Balaban J connectivity index is 1.73. The number of halogens is 2. The minimum atomic E-state index is -3.56. The lowest BCUT2D eigenvalue weighted by Gasteiger charge is -2.45. The van der Waals surface area contributed by atoms with E-state index in [0.29, 0.717) is 16.5 Å². The summed E-state index contributed by atoms with van der Waals surface area (Å²) in [4.78, 5) is 0. The van der Waals surface area contributed by atoms with E-state index in [1.165, 1.54) is 4.31 Å². The largest absolute Gasteiger partial charge is 0.280 e. The highest BCUT2D eigenvalue weighted by atomic mass is 35.5. The molecule has 2 fully saturated rings. The third kappa shape index (κ3) is 3.49. The number of nitriles is 1. The van der Waals surface area contributed by atoms with Gasteiger partial charge in [0.25, 0.3) is 10.2 Å². The van der Waals surface area contributed by atoms with E-state index in [1.54, 1.807) is 12.1 Å². The number of rotatable bonds is 5. The number of nitrogens with one attached hydrogen (secondary N) is 1. The molecule has 0 aromatic heterocycles. The maximum Gasteiger partial charge on any atom is 0.280 e. The Kier molecular flexibility index (Phi) is 4.60. The topological polar surface area (TPSA) is 73.2 Å². The molecule has 1 aromatic carbocycles. The molecule has 1 saturated carbocycles. The first kappa shape index (κ1) is 17.0. The maximum absolute atomic E-state index is 12.5. The number of benzene rings is 1. The standard InChI is InChI=1S/C15H17Cl2N3O2S/c16-13-3-2-12(14(17)6-13)7-15(4-1-5-15)19-23(21,22)20-9-11(8-18)10-20/h2-3,6,11,19H,1,4-5,7,9-10H2. The molecule has 1 heterocycles. The SMILES string of the molecule is N#CC1CN(S(=O)(=O)NC2(Cc3ccc(Cl)cc3Cl)CCC2)C1. The fraction of sp³-hybridized carbons (Fsp3) is 0.533. The lowest BCUT2D eigenvalue weighted by molar-refractivity contribution is 0.197. The summed E-state index contributed by atoms with van der Waals surface area (Å²) < 4.78 is 29.1. The highest BCUT2D eigenvalue weighted by Gasteiger charge is 2.45. The van der Waals surface area contributed by atoms with Crippen LogP contribution in [0.4, 0.5) is 0 Å². The van der Waals surface area contributed by atoms with Crippen LogP contribution in [0.15, 0.2) is 18.2 Å². The summed E-state index contributed by atoms with van der Waals surface area (Å²) in [5.74, 6) is -0.199. The van der Waals surface area contributed by atoms with E-state index in [-0.39, 0.29) is 19.0 Å². The van der Waals surface area contributed by atoms with Crippen LogP contribution in [-0.2, 0) is 16.6 Å². The lowest BCUT2D eigenvalue weighted by atomic mass is 9.74. The molecule has 1 aliphatic heterocycles. The molecule has 1 aromatic rings.